The maximum Gasteiger partial charge on any atom is 0.355 e. The maximum absolute atomic E-state index is 12.8. The van der Waals surface area contributed by atoms with Crippen molar-refractivity contribution in [3.05, 3.63) is 58.3 Å². The number of ether oxygens (including phenoxy) is 2. The summed E-state index contributed by atoms with van der Waals surface area (Å²) in [6.07, 6.45) is 0.664. The number of morpholine rings is 1. The highest BCUT2D eigenvalue weighted by molar-refractivity contribution is 9.10. The maximum atomic E-state index is 12.8. The molecular weight excluding hydrogens is 376 g/mol. The van der Waals surface area contributed by atoms with Crippen molar-refractivity contribution in [2.75, 3.05) is 26.3 Å². The Morgan fingerprint density at radius 2 is 1.92 bits per heavy atom. The van der Waals surface area contributed by atoms with Crippen LogP contribution in [-0.2, 0) is 14.3 Å². The van der Waals surface area contributed by atoms with Gasteiger partial charge in [0.25, 0.3) is 5.91 Å². The SMILES string of the molecule is O=C(OC(C(=O)N1CCOCC1)c1ccccc1)c1cc(Br)c[nH]1. The van der Waals surface area contributed by atoms with Crippen molar-refractivity contribution >= 4 is 27.8 Å². The van der Waals surface area contributed by atoms with Crippen molar-refractivity contribution in [1.82, 2.24) is 9.88 Å². The number of esters is 1. The van der Waals surface area contributed by atoms with Crippen LogP contribution in [0.5, 0.6) is 0 Å². The van der Waals surface area contributed by atoms with Crippen molar-refractivity contribution in [3.63, 3.8) is 0 Å². The Labute approximate surface area is 147 Å². The largest absolute Gasteiger partial charge is 0.443 e. The lowest BCUT2D eigenvalue weighted by atomic mass is 10.1. The van der Waals surface area contributed by atoms with E-state index in [-0.39, 0.29) is 11.6 Å². The van der Waals surface area contributed by atoms with Crippen LogP contribution < -0.4 is 0 Å². The van der Waals surface area contributed by atoms with Crippen LogP contribution in [0.3, 0.4) is 0 Å². The van der Waals surface area contributed by atoms with E-state index in [2.05, 4.69) is 20.9 Å². The minimum atomic E-state index is -0.973. The van der Waals surface area contributed by atoms with Gasteiger partial charge in [0, 0.05) is 29.3 Å². The number of aromatic nitrogens is 1. The molecule has 1 amide bonds. The molecule has 1 aliphatic heterocycles. The van der Waals surface area contributed by atoms with E-state index >= 15 is 0 Å². The van der Waals surface area contributed by atoms with Crippen LogP contribution >= 0.6 is 15.9 Å². The molecule has 1 fully saturated rings. The second kappa shape index (κ2) is 7.63. The van der Waals surface area contributed by atoms with E-state index in [9.17, 15) is 9.59 Å². The van der Waals surface area contributed by atoms with Crippen LogP contribution in [0.15, 0.2) is 47.1 Å². The number of benzene rings is 1. The monoisotopic (exact) mass is 392 g/mol. The summed E-state index contributed by atoms with van der Waals surface area (Å²) in [5.41, 5.74) is 0.936. The minimum absolute atomic E-state index is 0.233. The van der Waals surface area contributed by atoms with Gasteiger partial charge < -0.3 is 19.4 Å². The van der Waals surface area contributed by atoms with Crippen LogP contribution in [0.1, 0.15) is 22.2 Å². The molecule has 0 aliphatic carbocycles. The molecule has 0 saturated carbocycles. The zero-order valence-corrected chi connectivity index (χ0v) is 14.5. The molecule has 6 nitrogen and oxygen atoms in total. The number of carbonyl (C=O) groups is 2. The molecule has 1 unspecified atom stereocenters. The number of aromatic amines is 1. The van der Waals surface area contributed by atoms with Gasteiger partial charge in [-0.25, -0.2) is 4.79 Å². The first-order valence-electron chi connectivity index (χ1n) is 7.61. The van der Waals surface area contributed by atoms with Gasteiger partial charge in [0.05, 0.1) is 13.2 Å². The van der Waals surface area contributed by atoms with E-state index < -0.39 is 12.1 Å². The number of hydrogen-bond donors (Lipinski definition) is 1. The molecular formula is C17H17BrN2O4. The van der Waals surface area contributed by atoms with Crippen LogP contribution in [-0.4, -0.2) is 48.1 Å². The molecule has 1 saturated heterocycles. The molecule has 2 heterocycles. The molecule has 0 spiro atoms. The van der Waals surface area contributed by atoms with Crippen LogP contribution in [0.25, 0.3) is 0 Å². The van der Waals surface area contributed by atoms with Crippen LogP contribution in [0.2, 0.25) is 0 Å². The summed E-state index contributed by atoms with van der Waals surface area (Å²) in [4.78, 5) is 29.7. The highest BCUT2D eigenvalue weighted by Gasteiger charge is 2.31. The Morgan fingerprint density at radius 1 is 1.21 bits per heavy atom. The second-order valence-electron chi connectivity index (χ2n) is 5.37. The predicted octanol–water partition coefficient (Wildman–Crippen LogP) is 2.53. The molecule has 1 aliphatic rings. The number of hydrogen-bond acceptors (Lipinski definition) is 4. The zero-order chi connectivity index (χ0) is 16.9. The lowest BCUT2D eigenvalue weighted by Gasteiger charge is -2.30. The fourth-order valence-electron chi connectivity index (χ4n) is 2.49. The van der Waals surface area contributed by atoms with Crippen molar-refractivity contribution in [1.29, 1.82) is 0 Å². The minimum Gasteiger partial charge on any atom is -0.443 e. The third-order valence-electron chi connectivity index (χ3n) is 3.74. The first kappa shape index (κ1) is 16.7. The molecule has 1 aromatic carbocycles. The normalized spacial score (nSPS) is 15.8. The van der Waals surface area contributed by atoms with E-state index in [0.29, 0.717) is 31.9 Å². The summed E-state index contributed by atoms with van der Waals surface area (Å²) in [6.45, 7) is 1.97. The smallest absolute Gasteiger partial charge is 0.355 e. The van der Waals surface area contributed by atoms with Gasteiger partial charge in [-0.15, -0.1) is 0 Å². The Hall–Kier alpha value is -2.12. The number of nitrogens with one attached hydrogen (secondary N) is 1. The molecule has 1 N–H and O–H groups in total. The fraction of sp³-hybridized carbons (Fsp3) is 0.294. The molecule has 0 bridgehead atoms. The third-order valence-corrected chi connectivity index (χ3v) is 4.20. The third kappa shape index (κ3) is 3.85. The number of amides is 1. The Bertz CT molecular complexity index is 710. The molecule has 24 heavy (non-hydrogen) atoms. The number of halogens is 1. The Morgan fingerprint density at radius 3 is 2.54 bits per heavy atom. The van der Waals surface area contributed by atoms with Gasteiger partial charge in [-0.2, -0.15) is 0 Å². The van der Waals surface area contributed by atoms with Crippen LogP contribution in [0, 0.1) is 0 Å². The van der Waals surface area contributed by atoms with Gasteiger partial charge in [-0.1, -0.05) is 30.3 Å². The average Bonchev–Trinajstić information content (AvgIpc) is 3.07. The molecule has 2 aromatic rings. The van der Waals surface area contributed by atoms with Crippen molar-refractivity contribution < 1.29 is 19.1 Å². The second-order valence-corrected chi connectivity index (χ2v) is 6.28. The lowest BCUT2D eigenvalue weighted by molar-refractivity contribution is -0.145. The summed E-state index contributed by atoms with van der Waals surface area (Å²) in [5.74, 6) is -0.806. The topological polar surface area (TPSA) is 71.6 Å². The van der Waals surface area contributed by atoms with Crippen molar-refractivity contribution in [2.45, 2.75) is 6.10 Å². The number of rotatable bonds is 4. The molecule has 126 valence electrons. The van der Waals surface area contributed by atoms with Gasteiger partial charge in [-0.05, 0) is 22.0 Å². The zero-order valence-electron chi connectivity index (χ0n) is 12.9. The van der Waals surface area contributed by atoms with Crippen LogP contribution in [0.4, 0.5) is 0 Å². The van der Waals surface area contributed by atoms with Gasteiger partial charge in [0.1, 0.15) is 5.69 Å². The van der Waals surface area contributed by atoms with Gasteiger partial charge in [0.15, 0.2) is 0 Å². The number of carbonyl (C=O) groups excluding carboxylic acids is 2. The fourth-order valence-corrected chi connectivity index (χ4v) is 2.84. The standard InChI is InChI=1S/C17H17BrN2O4/c18-13-10-14(19-11-13)17(22)24-15(12-4-2-1-3-5-12)16(21)20-6-8-23-9-7-20/h1-5,10-11,15,19H,6-9H2. The quantitative estimate of drug-likeness (QED) is 0.811. The molecule has 3 rings (SSSR count). The number of H-pyrrole nitrogens is 1. The molecule has 1 atom stereocenters. The summed E-state index contributed by atoms with van der Waals surface area (Å²) >= 11 is 3.28. The van der Waals surface area contributed by atoms with E-state index in [0.717, 1.165) is 4.47 Å². The highest BCUT2D eigenvalue weighted by Crippen LogP contribution is 2.23. The summed E-state index contributed by atoms with van der Waals surface area (Å²) in [5, 5.41) is 0. The number of nitrogens with zero attached hydrogens (tertiary/aromatic N) is 1. The van der Waals surface area contributed by atoms with E-state index in [1.807, 2.05) is 18.2 Å². The summed E-state index contributed by atoms with van der Waals surface area (Å²) in [6, 6.07) is 10.6. The summed E-state index contributed by atoms with van der Waals surface area (Å²) < 4.78 is 11.5. The summed E-state index contributed by atoms with van der Waals surface area (Å²) in [7, 11) is 0. The molecule has 1 aromatic heterocycles. The van der Waals surface area contributed by atoms with Crippen molar-refractivity contribution in [3.8, 4) is 0 Å². The van der Waals surface area contributed by atoms with Gasteiger partial charge in [-0.3, -0.25) is 4.79 Å². The molecule has 0 radical (unpaired) electrons. The highest BCUT2D eigenvalue weighted by atomic mass is 79.9. The van der Waals surface area contributed by atoms with Gasteiger partial charge >= 0.3 is 5.97 Å². The first-order valence-corrected chi connectivity index (χ1v) is 8.41. The Balaban J connectivity index is 1.82. The van der Waals surface area contributed by atoms with E-state index in [4.69, 9.17) is 9.47 Å². The van der Waals surface area contributed by atoms with Gasteiger partial charge in [0.2, 0.25) is 6.10 Å². The lowest BCUT2D eigenvalue weighted by Crippen LogP contribution is -2.44. The molecule has 7 heteroatoms. The first-order chi connectivity index (χ1) is 11.6. The van der Waals surface area contributed by atoms with Crippen molar-refractivity contribution in [2.24, 2.45) is 0 Å². The van der Waals surface area contributed by atoms with E-state index in [1.165, 1.54) is 0 Å². The average molecular weight is 393 g/mol. The van der Waals surface area contributed by atoms with E-state index in [1.54, 1.807) is 29.3 Å². The predicted molar refractivity (Wildman–Crippen MR) is 90.5 cm³/mol. The Kier molecular flexibility index (Phi) is 5.32.